The van der Waals surface area contributed by atoms with Crippen LogP contribution in [0.5, 0.6) is 0 Å². The smallest absolute Gasteiger partial charge is 0.0742 e. The molecule has 0 unspecified atom stereocenters. The summed E-state index contributed by atoms with van der Waals surface area (Å²) < 4.78 is 0. The van der Waals surface area contributed by atoms with Gasteiger partial charge in [-0.1, -0.05) is 0 Å². The normalized spacial score (nSPS) is 18.0. The summed E-state index contributed by atoms with van der Waals surface area (Å²) in [6.07, 6.45) is 0. The van der Waals surface area contributed by atoms with Crippen LogP contribution in [0.4, 0.5) is 0 Å². The molecule has 0 aromatic rings. The second-order valence-corrected chi connectivity index (χ2v) is 2.80. The zero-order valence-electron chi connectivity index (χ0n) is 4.15. The molecule has 0 fully saturated rings. The molecule has 1 N–H and O–H groups in total. The predicted octanol–water partition coefficient (Wildman–Crippen LogP) is 1.43. The minimum atomic E-state index is -0.422. The third-order valence-corrected chi connectivity index (χ3v) is 2.23. The van der Waals surface area contributed by atoms with E-state index in [1.807, 2.05) is 0 Å². The number of halogens is 3. The fraction of sp³-hybridized carbons (Fsp3) is 1.00. The Morgan fingerprint density at radius 3 is 1.88 bits per heavy atom. The van der Waals surface area contributed by atoms with E-state index in [1.165, 1.54) is 0 Å². The van der Waals surface area contributed by atoms with Crippen LogP contribution in [0.15, 0.2) is 0 Å². The summed E-state index contributed by atoms with van der Waals surface area (Å²) in [5.74, 6) is 0.274. The van der Waals surface area contributed by atoms with Crippen molar-refractivity contribution < 1.29 is 5.11 Å². The summed E-state index contributed by atoms with van der Waals surface area (Å²) >= 11 is 16.2. The van der Waals surface area contributed by atoms with Gasteiger partial charge in [0.05, 0.1) is 17.4 Å². The van der Waals surface area contributed by atoms with Gasteiger partial charge in [-0.05, 0) is 0 Å². The molecule has 0 aliphatic carbocycles. The summed E-state index contributed by atoms with van der Waals surface area (Å²) in [5, 5.41) is 7.61. The lowest BCUT2D eigenvalue weighted by Crippen LogP contribution is -2.20. The molecule has 50 valence electrons. The van der Waals surface area contributed by atoms with Crippen molar-refractivity contribution in [3.05, 3.63) is 0 Å². The highest BCUT2D eigenvalue weighted by molar-refractivity contribution is 6.33. The van der Waals surface area contributed by atoms with Gasteiger partial charge in [0, 0.05) is 5.88 Å². The minimum Gasteiger partial charge on any atom is -0.395 e. The van der Waals surface area contributed by atoms with Crippen molar-refractivity contribution in [1.82, 2.24) is 0 Å². The first-order valence-electron chi connectivity index (χ1n) is 2.17. The van der Waals surface area contributed by atoms with Crippen molar-refractivity contribution >= 4 is 34.8 Å². The third kappa shape index (κ3) is 2.98. The molecule has 0 saturated heterocycles. The molecule has 8 heavy (non-hydrogen) atoms. The Kier molecular flexibility index (Phi) is 5.17. The molecule has 0 rings (SSSR count). The van der Waals surface area contributed by atoms with E-state index in [2.05, 4.69) is 0 Å². The minimum absolute atomic E-state index is 0.123. The summed E-state index contributed by atoms with van der Waals surface area (Å²) in [6.45, 7) is -0.123. The third-order valence-electron chi connectivity index (χ3n) is 0.714. The molecule has 0 aliphatic heterocycles. The number of aliphatic hydroxyl groups is 1. The molecule has 1 nitrogen and oxygen atoms in total. The highest BCUT2D eigenvalue weighted by Crippen LogP contribution is 2.10. The summed E-state index contributed by atoms with van der Waals surface area (Å²) in [5.41, 5.74) is 0. The van der Waals surface area contributed by atoms with Crippen molar-refractivity contribution in [1.29, 1.82) is 0 Å². The topological polar surface area (TPSA) is 20.2 Å². The second kappa shape index (κ2) is 4.68. The van der Waals surface area contributed by atoms with Crippen molar-refractivity contribution in [3.63, 3.8) is 0 Å². The summed E-state index contributed by atoms with van der Waals surface area (Å²) in [4.78, 5) is 0. The predicted molar refractivity (Wildman–Crippen MR) is 37.1 cm³/mol. The van der Waals surface area contributed by atoms with Gasteiger partial charge in [0.15, 0.2) is 0 Å². The standard InChI is InChI=1S/C4H7Cl3O/c5-1-3(6)4(7)2-8/h3-4,8H,1-2H2/t3-,4+/m0/s1. The van der Waals surface area contributed by atoms with Crippen LogP contribution in [-0.2, 0) is 0 Å². The molecule has 0 aliphatic rings. The van der Waals surface area contributed by atoms with E-state index in [-0.39, 0.29) is 17.9 Å². The van der Waals surface area contributed by atoms with Gasteiger partial charge in [0.25, 0.3) is 0 Å². The first kappa shape index (κ1) is 8.83. The lowest BCUT2D eigenvalue weighted by molar-refractivity contribution is 0.292. The van der Waals surface area contributed by atoms with Gasteiger partial charge in [-0.15, -0.1) is 34.8 Å². The summed E-state index contributed by atoms with van der Waals surface area (Å²) in [7, 11) is 0. The van der Waals surface area contributed by atoms with Gasteiger partial charge >= 0.3 is 0 Å². The van der Waals surface area contributed by atoms with Gasteiger partial charge < -0.3 is 5.11 Å². The van der Waals surface area contributed by atoms with Crippen molar-refractivity contribution in [2.45, 2.75) is 10.8 Å². The molecular formula is C4H7Cl3O. The number of rotatable bonds is 3. The lowest BCUT2D eigenvalue weighted by atomic mass is 10.3. The molecule has 0 radical (unpaired) electrons. The Morgan fingerprint density at radius 1 is 1.25 bits per heavy atom. The molecule has 0 aromatic carbocycles. The van der Waals surface area contributed by atoms with Crippen LogP contribution in [0.2, 0.25) is 0 Å². The largest absolute Gasteiger partial charge is 0.395 e. The summed E-state index contributed by atoms with van der Waals surface area (Å²) in [6, 6.07) is 0. The Morgan fingerprint density at radius 2 is 1.75 bits per heavy atom. The molecule has 0 saturated carbocycles. The SMILES string of the molecule is OC[C@@H](Cl)[C@@H](Cl)CCl. The van der Waals surface area contributed by atoms with Gasteiger partial charge in [-0.25, -0.2) is 0 Å². The maximum absolute atomic E-state index is 8.36. The lowest BCUT2D eigenvalue weighted by Gasteiger charge is -2.08. The number of aliphatic hydroxyl groups excluding tert-OH is 1. The van der Waals surface area contributed by atoms with Crippen LogP contribution in [0, 0.1) is 0 Å². The molecule has 0 heterocycles. The van der Waals surface area contributed by atoms with Crippen LogP contribution in [-0.4, -0.2) is 28.3 Å². The van der Waals surface area contributed by atoms with Gasteiger partial charge in [0.2, 0.25) is 0 Å². The Labute approximate surface area is 63.5 Å². The molecular weight excluding hydrogens is 170 g/mol. The van der Waals surface area contributed by atoms with E-state index in [0.29, 0.717) is 0 Å². The fourth-order valence-electron chi connectivity index (χ4n) is 0.211. The number of hydrogen-bond donors (Lipinski definition) is 1. The maximum atomic E-state index is 8.36. The molecule has 4 heteroatoms. The Hall–Kier alpha value is 0.830. The van der Waals surface area contributed by atoms with E-state index in [9.17, 15) is 0 Å². The van der Waals surface area contributed by atoms with E-state index < -0.39 is 5.38 Å². The Balaban J connectivity index is 3.29. The number of hydrogen-bond acceptors (Lipinski definition) is 1. The average Bonchev–Trinajstić information content (AvgIpc) is 1.84. The van der Waals surface area contributed by atoms with Gasteiger partial charge in [-0.2, -0.15) is 0 Å². The highest BCUT2D eigenvalue weighted by Gasteiger charge is 2.13. The second-order valence-electron chi connectivity index (χ2n) is 1.37. The van der Waals surface area contributed by atoms with Gasteiger partial charge in [-0.3, -0.25) is 0 Å². The van der Waals surface area contributed by atoms with E-state index in [4.69, 9.17) is 39.9 Å². The molecule has 0 bridgehead atoms. The van der Waals surface area contributed by atoms with Crippen molar-refractivity contribution in [3.8, 4) is 0 Å². The maximum Gasteiger partial charge on any atom is 0.0742 e. The Bertz CT molecular complexity index is 51.2. The van der Waals surface area contributed by atoms with Crippen molar-refractivity contribution in [2.24, 2.45) is 0 Å². The average molecular weight is 177 g/mol. The van der Waals surface area contributed by atoms with Crippen molar-refractivity contribution in [2.75, 3.05) is 12.5 Å². The van der Waals surface area contributed by atoms with E-state index >= 15 is 0 Å². The zero-order chi connectivity index (χ0) is 6.57. The molecule has 2 atom stereocenters. The molecule has 0 amide bonds. The van der Waals surface area contributed by atoms with E-state index in [0.717, 1.165) is 0 Å². The van der Waals surface area contributed by atoms with Crippen LogP contribution >= 0.6 is 34.8 Å². The first-order chi connectivity index (χ1) is 3.72. The molecule has 0 spiro atoms. The quantitative estimate of drug-likeness (QED) is 0.647. The van der Waals surface area contributed by atoms with Gasteiger partial charge in [0.1, 0.15) is 0 Å². The first-order valence-corrected chi connectivity index (χ1v) is 3.58. The van der Waals surface area contributed by atoms with Crippen LogP contribution < -0.4 is 0 Å². The van der Waals surface area contributed by atoms with Crippen LogP contribution in [0.3, 0.4) is 0 Å². The zero-order valence-corrected chi connectivity index (χ0v) is 6.42. The van der Waals surface area contributed by atoms with Crippen LogP contribution in [0.25, 0.3) is 0 Å². The fourth-order valence-corrected chi connectivity index (χ4v) is 0.686. The van der Waals surface area contributed by atoms with Crippen LogP contribution in [0.1, 0.15) is 0 Å². The monoisotopic (exact) mass is 176 g/mol. The van der Waals surface area contributed by atoms with E-state index in [1.54, 1.807) is 0 Å². The number of alkyl halides is 3. The molecule has 0 aromatic heterocycles. The highest BCUT2D eigenvalue weighted by atomic mass is 35.5.